The lowest BCUT2D eigenvalue weighted by Gasteiger charge is -2.38. The zero-order chi connectivity index (χ0) is 22.7. The van der Waals surface area contributed by atoms with E-state index in [2.05, 4.69) is 36.1 Å². The first-order valence-electron chi connectivity index (χ1n) is 10.9. The minimum absolute atomic E-state index is 0.237. The molecule has 6 nitrogen and oxygen atoms in total. The van der Waals surface area contributed by atoms with Crippen molar-refractivity contribution in [2.75, 3.05) is 26.7 Å². The summed E-state index contributed by atoms with van der Waals surface area (Å²) in [6.45, 7) is 4.53. The molecule has 2 aliphatic rings. The molecule has 1 aliphatic heterocycles. The number of hydrogen-bond acceptors (Lipinski definition) is 5. The molecule has 32 heavy (non-hydrogen) atoms. The molecule has 1 fully saturated rings. The van der Waals surface area contributed by atoms with Gasteiger partial charge in [0.05, 0.1) is 7.11 Å². The Morgan fingerprint density at radius 1 is 1.19 bits per heavy atom. The largest absolute Gasteiger partial charge is 0.506 e. The predicted octanol–water partition coefficient (Wildman–Crippen LogP) is 5.11. The second-order valence-electron chi connectivity index (χ2n) is 8.22. The fraction of sp³-hybridized carbons (Fsp3) is 0.400. The van der Waals surface area contributed by atoms with E-state index >= 15 is 0 Å². The number of rotatable bonds is 8. The van der Waals surface area contributed by atoms with Crippen LogP contribution >= 0.6 is 11.6 Å². The van der Waals surface area contributed by atoms with Crippen molar-refractivity contribution in [2.45, 2.75) is 38.9 Å². The van der Waals surface area contributed by atoms with Gasteiger partial charge in [0.15, 0.2) is 0 Å². The molecule has 4 rings (SSSR count). The molecular formula is C25H28ClNO5. The third-order valence-electron chi connectivity index (χ3n) is 6.08. The molecule has 2 aromatic carbocycles. The van der Waals surface area contributed by atoms with E-state index in [4.69, 9.17) is 30.9 Å². The normalized spacial score (nSPS) is 16.3. The number of hydrogen-bond donors (Lipinski definition) is 1. The summed E-state index contributed by atoms with van der Waals surface area (Å²) in [5.41, 5.74) is 5.66. The van der Waals surface area contributed by atoms with Crippen LogP contribution in [0.5, 0.6) is 11.5 Å². The Morgan fingerprint density at radius 2 is 2.00 bits per heavy atom. The summed E-state index contributed by atoms with van der Waals surface area (Å²) >= 11 is 6.72. The van der Waals surface area contributed by atoms with Crippen molar-refractivity contribution in [2.24, 2.45) is 0 Å². The van der Waals surface area contributed by atoms with Gasteiger partial charge in [0.25, 0.3) is 0 Å². The van der Waals surface area contributed by atoms with Gasteiger partial charge in [-0.15, -0.1) is 0 Å². The quantitative estimate of drug-likeness (QED) is 0.555. The second-order valence-corrected chi connectivity index (χ2v) is 8.60. The Morgan fingerprint density at radius 3 is 2.72 bits per heavy atom. The van der Waals surface area contributed by atoms with Crippen molar-refractivity contribution in [1.29, 1.82) is 0 Å². The summed E-state index contributed by atoms with van der Waals surface area (Å²) in [6.07, 6.45) is 1.29. The lowest BCUT2D eigenvalue weighted by molar-refractivity contribution is -0.0292. The summed E-state index contributed by atoms with van der Waals surface area (Å²) in [5, 5.41) is 9.48. The first-order chi connectivity index (χ1) is 15.5. The van der Waals surface area contributed by atoms with Crippen LogP contribution in [0.1, 0.15) is 35.6 Å². The Bertz CT molecular complexity index is 1030. The van der Waals surface area contributed by atoms with Crippen molar-refractivity contribution in [3.05, 3.63) is 64.2 Å². The molecule has 0 bridgehead atoms. The van der Waals surface area contributed by atoms with Gasteiger partial charge in [0.2, 0.25) is 0 Å². The van der Waals surface area contributed by atoms with E-state index in [0.29, 0.717) is 19.7 Å². The van der Waals surface area contributed by atoms with Crippen molar-refractivity contribution in [3.8, 4) is 11.5 Å². The van der Waals surface area contributed by atoms with Gasteiger partial charge >= 0.3 is 6.16 Å². The number of carbonyl (C=O) groups is 1. The van der Waals surface area contributed by atoms with E-state index in [0.717, 1.165) is 53.5 Å². The van der Waals surface area contributed by atoms with Crippen LogP contribution in [0.15, 0.2) is 42.0 Å². The molecule has 1 heterocycles. The molecule has 1 saturated heterocycles. The van der Waals surface area contributed by atoms with E-state index < -0.39 is 6.16 Å². The monoisotopic (exact) mass is 457 g/mol. The molecule has 7 heteroatoms. The third kappa shape index (κ3) is 5.03. The van der Waals surface area contributed by atoms with Gasteiger partial charge < -0.3 is 19.3 Å². The Balaban J connectivity index is 1.39. The van der Waals surface area contributed by atoms with Gasteiger partial charge in [0, 0.05) is 30.2 Å². The first-order valence-corrected chi connectivity index (χ1v) is 11.3. The highest BCUT2D eigenvalue weighted by Crippen LogP contribution is 2.37. The molecule has 2 aromatic rings. The smallest absolute Gasteiger partial charge is 0.496 e. The molecule has 0 atom stereocenters. The van der Waals surface area contributed by atoms with Crippen LogP contribution in [-0.4, -0.2) is 49.0 Å². The van der Waals surface area contributed by atoms with Crippen LogP contribution in [-0.2, 0) is 24.2 Å². The van der Waals surface area contributed by atoms with Crippen molar-refractivity contribution >= 4 is 22.8 Å². The molecule has 0 spiro atoms. The van der Waals surface area contributed by atoms with Gasteiger partial charge in [-0.1, -0.05) is 30.7 Å². The topological polar surface area (TPSA) is 68.2 Å². The Kier molecular flexibility index (Phi) is 6.92. The molecule has 0 saturated carbocycles. The van der Waals surface area contributed by atoms with Gasteiger partial charge in [0.1, 0.15) is 24.2 Å². The summed E-state index contributed by atoms with van der Waals surface area (Å²) in [4.78, 5) is 12.8. The number of nitrogens with zero attached hydrogens (tertiary/aromatic N) is 1. The maximum Gasteiger partial charge on any atom is 0.506 e. The highest BCUT2D eigenvalue weighted by molar-refractivity contribution is 6.49. The number of halogens is 1. The van der Waals surface area contributed by atoms with Crippen LogP contribution < -0.4 is 9.47 Å². The number of benzene rings is 2. The van der Waals surface area contributed by atoms with Crippen LogP contribution in [0.3, 0.4) is 0 Å². The van der Waals surface area contributed by atoms with Gasteiger partial charge in [-0.05, 0) is 65.8 Å². The summed E-state index contributed by atoms with van der Waals surface area (Å²) in [7, 11) is 1.68. The fourth-order valence-electron chi connectivity index (χ4n) is 4.24. The Hall–Kier alpha value is -2.70. The maximum atomic E-state index is 10.6. The average Bonchev–Trinajstić information content (AvgIpc) is 2.77. The molecule has 1 N–H and O–H groups in total. The Labute approximate surface area is 193 Å². The maximum absolute atomic E-state index is 10.6. The van der Waals surface area contributed by atoms with E-state index in [1.165, 1.54) is 16.7 Å². The number of ether oxygens (including phenoxy) is 3. The van der Waals surface area contributed by atoms with Gasteiger partial charge in [-0.25, -0.2) is 4.79 Å². The number of carboxylic acid groups (broad SMARTS) is 1. The summed E-state index contributed by atoms with van der Waals surface area (Å²) in [6, 6.07) is 12.3. The van der Waals surface area contributed by atoms with E-state index in [1.807, 2.05) is 12.1 Å². The molecule has 0 amide bonds. The molecule has 170 valence electrons. The highest BCUT2D eigenvalue weighted by atomic mass is 35.5. The highest BCUT2D eigenvalue weighted by Gasteiger charge is 2.31. The number of likely N-dealkylation sites (tertiary alicyclic amines) is 1. The van der Waals surface area contributed by atoms with Crippen LogP contribution in [0.2, 0.25) is 0 Å². The summed E-state index contributed by atoms with van der Waals surface area (Å²) < 4.78 is 16.4. The fourth-order valence-corrected chi connectivity index (χ4v) is 4.58. The molecule has 0 aromatic heterocycles. The predicted molar refractivity (Wildman–Crippen MR) is 124 cm³/mol. The van der Waals surface area contributed by atoms with Crippen LogP contribution in [0.4, 0.5) is 4.79 Å². The van der Waals surface area contributed by atoms with E-state index in [-0.39, 0.29) is 6.10 Å². The van der Waals surface area contributed by atoms with Crippen molar-refractivity contribution in [1.82, 2.24) is 4.90 Å². The van der Waals surface area contributed by atoms with E-state index in [1.54, 1.807) is 7.11 Å². The van der Waals surface area contributed by atoms with Gasteiger partial charge in [-0.3, -0.25) is 4.90 Å². The number of aryl methyl sites for hydroxylation is 2. The molecule has 0 radical (unpaired) electrons. The lowest BCUT2D eigenvalue weighted by Crippen LogP contribution is -2.53. The second kappa shape index (κ2) is 9.84. The number of methoxy groups -OCH3 is 1. The van der Waals surface area contributed by atoms with E-state index in [9.17, 15) is 4.79 Å². The molecular weight excluding hydrogens is 430 g/mol. The number of fused-ring (bicyclic) bond motifs is 1. The molecule has 1 aliphatic carbocycles. The zero-order valence-electron chi connectivity index (χ0n) is 18.4. The van der Waals surface area contributed by atoms with Crippen LogP contribution in [0.25, 0.3) is 5.03 Å². The molecule has 0 unspecified atom stereocenters. The minimum Gasteiger partial charge on any atom is -0.496 e. The first kappa shape index (κ1) is 22.5. The zero-order valence-corrected chi connectivity index (χ0v) is 19.2. The van der Waals surface area contributed by atoms with Crippen LogP contribution in [0, 0.1) is 0 Å². The average molecular weight is 458 g/mol. The van der Waals surface area contributed by atoms with Gasteiger partial charge in [-0.2, -0.15) is 0 Å². The van der Waals surface area contributed by atoms with Crippen molar-refractivity contribution in [3.63, 3.8) is 0 Å². The minimum atomic E-state index is -1.21. The standard InChI is InChI=1S/C25H28ClNO5/c1-3-16-4-5-19(23(10-16)30-2)15-31-20-8-9-22-17(11-20)6-7-18(24(22)26)12-27-13-21(14-27)32-25(28)29/h4-5,8-11,21H,3,6-7,12-15H2,1-2H3,(H,28,29). The SMILES string of the molecule is CCc1ccc(COc2ccc3c(c2)CCC(CN2CC(OC(=O)O)C2)=C3Cl)c(OC)c1. The summed E-state index contributed by atoms with van der Waals surface area (Å²) in [5.74, 6) is 1.66. The third-order valence-corrected chi connectivity index (χ3v) is 6.55. The lowest BCUT2D eigenvalue weighted by atomic mass is 9.91. The van der Waals surface area contributed by atoms with Crippen molar-refractivity contribution < 1.29 is 24.1 Å².